The largest absolute Gasteiger partial charge is 0.495 e. The third kappa shape index (κ3) is 3.10. The minimum Gasteiger partial charge on any atom is -0.495 e. The number of carbonyl (C=O) groups excluding carboxylic acids is 1. The number of anilines is 1. The fourth-order valence-electron chi connectivity index (χ4n) is 3.00. The Hall–Kier alpha value is -3.42. The third-order valence-electron chi connectivity index (χ3n) is 4.57. The lowest BCUT2D eigenvalue weighted by molar-refractivity contribution is 0.0696. The van der Waals surface area contributed by atoms with E-state index in [0.717, 1.165) is 18.5 Å². The number of pyridine rings is 1. The fourth-order valence-corrected chi connectivity index (χ4v) is 3.00. The monoisotopic (exact) mass is 367 g/mol. The first-order valence-electron chi connectivity index (χ1n) is 8.47. The molecule has 1 saturated carbocycles. The summed E-state index contributed by atoms with van der Waals surface area (Å²) in [7, 11) is 1.41. The molecule has 2 aromatic heterocycles. The molecule has 1 aliphatic carbocycles. The van der Waals surface area contributed by atoms with E-state index in [4.69, 9.17) is 14.4 Å². The molecule has 1 aliphatic rings. The van der Waals surface area contributed by atoms with Crippen LogP contribution in [0.25, 0.3) is 11.1 Å². The van der Waals surface area contributed by atoms with Gasteiger partial charge in [0.25, 0.3) is 11.6 Å². The van der Waals surface area contributed by atoms with E-state index in [1.54, 1.807) is 13.0 Å². The van der Waals surface area contributed by atoms with E-state index in [-0.39, 0.29) is 17.2 Å². The Labute approximate surface area is 154 Å². The van der Waals surface area contributed by atoms with Gasteiger partial charge in [0.2, 0.25) is 0 Å². The van der Waals surface area contributed by atoms with Crippen molar-refractivity contribution in [3.05, 3.63) is 46.8 Å². The predicted molar refractivity (Wildman–Crippen MR) is 96.4 cm³/mol. The molecule has 8 heteroatoms. The maximum Gasteiger partial charge on any atom is 0.335 e. The van der Waals surface area contributed by atoms with Crippen LogP contribution in [-0.2, 0) is 0 Å². The van der Waals surface area contributed by atoms with Crippen molar-refractivity contribution in [2.24, 2.45) is 0 Å². The van der Waals surface area contributed by atoms with Crippen molar-refractivity contribution in [2.45, 2.75) is 25.7 Å². The molecule has 8 nitrogen and oxygen atoms in total. The number of carbonyl (C=O) groups is 2. The van der Waals surface area contributed by atoms with Crippen molar-refractivity contribution in [2.75, 3.05) is 12.4 Å². The summed E-state index contributed by atoms with van der Waals surface area (Å²) in [4.78, 5) is 28.6. The highest BCUT2D eigenvalue weighted by atomic mass is 16.5. The summed E-state index contributed by atoms with van der Waals surface area (Å²) in [5.74, 6) is -0.832. The number of hydrogen-bond donors (Lipinski definition) is 2. The number of amides is 1. The Morgan fingerprint density at radius 1 is 1.30 bits per heavy atom. The van der Waals surface area contributed by atoms with Gasteiger partial charge in [-0.05, 0) is 44.0 Å². The second kappa shape index (κ2) is 6.39. The van der Waals surface area contributed by atoms with Crippen molar-refractivity contribution in [1.29, 1.82) is 0 Å². The van der Waals surface area contributed by atoms with Gasteiger partial charge < -0.3 is 19.7 Å². The van der Waals surface area contributed by atoms with Crippen LogP contribution >= 0.6 is 0 Å². The first-order chi connectivity index (χ1) is 13.0. The van der Waals surface area contributed by atoms with Gasteiger partial charge in [-0.2, -0.15) is 0 Å². The summed E-state index contributed by atoms with van der Waals surface area (Å²) in [5, 5.41) is 16.4. The molecule has 1 fully saturated rings. The maximum atomic E-state index is 13.0. The van der Waals surface area contributed by atoms with E-state index in [0.29, 0.717) is 34.0 Å². The maximum absolute atomic E-state index is 13.0. The van der Waals surface area contributed by atoms with Gasteiger partial charge in [0.05, 0.1) is 35.0 Å². The second-order valence-corrected chi connectivity index (χ2v) is 6.49. The lowest BCUT2D eigenvalue weighted by Gasteiger charge is -2.12. The first kappa shape index (κ1) is 17.0. The zero-order chi connectivity index (χ0) is 19.1. The number of nitrogens with zero attached hydrogens (tertiary/aromatic N) is 2. The SMILES string of the molecule is COc1cc(C(=O)O)ccc1NC(=O)c1cc(C2CC2)nc2onc(C)c12. The van der Waals surface area contributed by atoms with Gasteiger partial charge in [-0.1, -0.05) is 5.16 Å². The van der Waals surface area contributed by atoms with Crippen molar-refractivity contribution in [1.82, 2.24) is 10.1 Å². The summed E-state index contributed by atoms with van der Waals surface area (Å²) in [6.45, 7) is 1.75. The number of hydrogen-bond acceptors (Lipinski definition) is 6. The van der Waals surface area contributed by atoms with Crippen LogP contribution in [0.15, 0.2) is 28.8 Å². The predicted octanol–water partition coefficient (Wildman–Crippen LogP) is 3.37. The quantitative estimate of drug-likeness (QED) is 0.710. The van der Waals surface area contributed by atoms with Gasteiger partial charge in [-0.25, -0.2) is 9.78 Å². The Kier molecular flexibility index (Phi) is 4.02. The van der Waals surface area contributed by atoms with Crippen molar-refractivity contribution in [3.63, 3.8) is 0 Å². The Morgan fingerprint density at radius 3 is 2.74 bits per heavy atom. The highest BCUT2D eigenvalue weighted by molar-refractivity contribution is 6.13. The van der Waals surface area contributed by atoms with Crippen LogP contribution in [0.2, 0.25) is 0 Å². The number of nitrogens with one attached hydrogen (secondary N) is 1. The van der Waals surface area contributed by atoms with Crippen LogP contribution in [0.5, 0.6) is 5.75 Å². The molecule has 2 N–H and O–H groups in total. The molecule has 0 atom stereocenters. The van der Waals surface area contributed by atoms with Gasteiger partial charge in [0, 0.05) is 11.6 Å². The molecule has 4 rings (SSSR count). The minimum absolute atomic E-state index is 0.0713. The average molecular weight is 367 g/mol. The van der Waals surface area contributed by atoms with E-state index in [2.05, 4.69) is 15.5 Å². The number of aromatic nitrogens is 2. The van der Waals surface area contributed by atoms with E-state index < -0.39 is 5.97 Å². The summed E-state index contributed by atoms with van der Waals surface area (Å²) in [5.41, 5.74) is 2.61. The zero-order valence-corrected chi connectivity index (χ0v) is 14.8. The highest BCUT2D eigenvalue weighted by Gasteiger charge is 2.29. The molecular formula is C19H17N3O5. The Bertz CT molecular complexity index is 1070. The molecule has 0 saturated heterocycles. The minimum atomic E-state index is -1.07. The summed E-state index contributed by atoms with van der Waals surface area (Å²) < 4.78 is 10.5. The molecule has 138 valence electrons. The third-order valence-corrected chi connectivity index (χ3v) is 4.57. The molecule has 0 aliphatic heterocycles. The molecular weight excluding hydrogens is 350 g/mol. The van der Waals surface area contributed by atoms with Gasteiger partial charge in [-0.15, -0.1) is 0 Å². The fraction of sp³-hybridized carbons (Fsp3) is 0.263. The van der Waals surface area contributed by atoms with Gasteiger partial charge >= 0.3 is 5.97 Å². The average Bonchev–Trinajstić information content (AvgIpc) is 3.44. The number of rotatable bonds is 5. The van der Waals surface area contributed by atoms with Gasteiger partial charge in [0.15, 0.2) is 0 Å². The van der Waals surface area contributed by atoms with E-state index in [1.165, 1.54) is 25.3 Å². The Morgan fingerprint density at radius 2 is 2.07 bits per heavy atom. The molecule has 3 aromatic rings. The summed E-state index contributed by atoms with van der Waals surface area (Å²) >= 11 is 0. The normalized spacial score (nSPS) is 13.6. The standard InChI is InChI=1S/C19H17N3O5/c1-9-16-12(8-14(10-3-4-10)21-18(16)27-22-9)17(23)20-13-6-5-11(19(24)25)7-15(13)26-2/h5-8,10H,3-4H2,1-2H3,(H,20,23)(H,24,25). The van der Waals surface area contributed by atoms with Crippen molar-refractivity contribution >= 4 is 28.7 Å². The van der Waals surface area contributed by atoms with Crippen LogP contribution in [0, 0.1) is 6.92 Å². The van der Waals surface area contributed by atoms with Crippen LogP contribution in [0.1, 0.15) is 50.9 Å². The number of fused-ring (bicyclic) bond motifs is 1. The van der Waals surface area contributed by atoms with Crippen molar-refractivity contribution < 1.29 is 24.0 Å². The van der Waals surface area contributed by atoms with Crippen LogP contribution in [0.3, 0.4) is 0 Å². The number of benzene rings is 1. The second-order valence-electron chi connectivity index (χ2n) is 6.49. The highest BCUT2D eigenvalue weighted by Crippen LogP contribution is 2.40. The van der Waals surface area contributed by atoms with E-state index >= 15 is 0 Å². The lowest BCUT2D eigenvalue weighted by Crippen LogP contribution is -2.14. The number of carboxylic acids is 1. The lowest BCUT2D eigenvalue weighted by atomic mass is 10.1. The molecule has 2 heterocycles. The smallest absolute Gasteiger partial charge is 0.335 e. The van der Waals surface area contributed by atoms with Gasteiger partial charge in [0.1, 0.15) is 5.75 Å². The Balaban J connectivity index is 1.73. The van der Waals surface area contributed by atoms with Crippen LogP contribution in [0.4, 0.5) is 5.69 Å². The molecule has 0 spiro atoms. The topological polar surface area (TPSA) is 115 Å². The van der Waals surface area contributed by atoms with Crippen LogP contribution in [-0.4, -0.2) is 34.2 Å². The molecule has 0 radical (unpaired) electrons. The van der Waals surface area contributed by atoms with Crippen molar-refractivity contribution in [3.8, 4) is 5.75 Å². The summed E-state index contributed by atoms with van der Waals surface area (Å²) in [6.07, 6.45) is 2.08. The van der Waals surface area contributed by atoms with E-state index in [9.17, 15) is 9.59 Å². The first-order valence-corrected chi connectivity index (χ1v) is 8.47. The molecule has 1 amide bonds. The number of aromatic carboxylic acids is 1. The number of carboxylic acid groups (broad SMARTS) is 1. The van der Waals surface area contributed by atoms with Gasteiger partial charge in [-0.3, -0.25) is 4.79 Å². The van der Waals surface area contributed by atoms with E-state index in [1.807, 2.05) is 0 Å². The number of ether oxygens (including phenoxy) is 1. The molecule has 1 aromatic carbocycles. The zero-order valence-electron chi connectivity index (χ0n) is 14.8. The number of aryl methyl sites for hydroxylation is 1. The summed E-state index contributed by atoms with van der Waals surface area (Å²) in [6, 6.07) is 6.04. The number of methoxy groups -OCH3 is 1. The molecule has 0 bridgehead atoms. The molecule has 27 heavy (non-hydrogen) atoms. The molecule has 0 unspecified atom stereocenters. The van der Waals surface area contributed by atoms with Crippen LogP contribution < -0.4 is 10.1 Å².